The third-order valence-corrected chi connectivity index (χ3v) is 3.93. The first-order valence-electron chi connectivity index (χ1n) is 7.44. The highest BCUT2D eigenvalue weighted by Gasteiger charge is 2.23. The molecule has 1 aliphatic heterocycles. The Kier molecular flexibility index (Phi) is 3.92. The first kappa shape index (κ1) is 12.8. The van der Waals surface area contributed by atoms with Gasteiger partial charge in [-0.3, -0.25) is 0 Å². The Hall–Kier alpha value is -1.22. The zero-order chi connectivity index (χ0) is 13.1. The van der Waals surface area contributed by atoms with E-state index in [0.29, 0.717) is 6.10 Å². The van der Waals surface area contributed by atoms with Crippen molar-refractivity contribution >= 4 is 5.69 Å². The van der Waals surface area contributed by atoms with Gasteiger partial charge in [-0.2, -0.15) is 0 Å². The van der Waals surface area contributed by atoms with Gasteiger partial charge in [0.05, 0.1) is 12.7 Å². The van der Waals surface area contributed by atoms with Gasteiger partial charge < -0.3 is 14.4 Å². The van der Waals surface area contributed by atoms with Crippen LogP contribution in [0.15, 0.2) is 24.3 Å². The molecule has 0 bridgehead atoms. The summed E-state index contributed by atoms with van der Waals surface area (Å²) in [5, 5.41) is 0. The molecule has 1 heterocycles. The van der Waals surface area contributed by atoms with Crippen molar-refractivity contribution in [3.05, 3.63) is 24.3 Å². The fourth-order valence-corrected chi connectivity index (χ4v) is 2.59. The van der Waals surface area contributed by atoms with E-state index in [-0.39, 0.29) is 0 Å². The minimum atomic E-state index is 0.399. The van der Waals surface area contributed by atoms with E-state index in [1.807, 2.05) is 0 Å². The van der Waals surface area contributed by atoms with Crippen molar-refractivity contribution in [2.24, 2.45) is 5.92 Å². The summed E-state index contributed by atoms with van der Waals surface area (Å²) in [5.74, 6) is 1.81. The first-order chi connectivity index (χ1) is 9.35. The Balaban J connectivity index is 1.53. The number of hydrogen-bond donors (Lipinski definition) is 0. The topological polar surface area (TPSA) is 21.7 Å². The van der Waals surface area contributed by atoms with Gasteiger partial charge in [0, 0.05) is 25.4 Å². The summed E-state index contributed by atoms with van der Waals surface area (Å²) in [4.78, 5) is 2.39. The second kappa shape index (κ2) is 5.83. The molecular formula is C16H23NO2. The highest BCUT2D eigenvalue weighted by atomic mass is 16.5. The second-order valence-electron chi connectivity index (χ2n) is 5.56. The van der Waals surface area contributed by atoms with Crippen molar-refractivity contribution in [1.29, 1.82) is 0 Å². The van der Waals surface area contributed by atoms with Crippen LogP contribution in [0.2, 0.25) is 0 Å². The molecule has 2 aliphatic rings. The molecule has 104 valence electrons. The molecule has 19 heavy (non-hydrogen) atoms. The average Bonchev–Trinajstić information content (AvgIpc) is 3.16. The summed E-state index contributed by atoms with van der Waals surface area (Å²) in [7, 11) is 0. The van der Waals surface area contributed by atoms with Crippen molar-refractivity contribution in [2.75, 3.05) is 31.2 Å². The van der Waals surface area contributed by atoms with E-state index in [2.05, 4.69) is 36.1 Å². The Morgan fingerprint density at radius 3 is 2.63 bits per heavy atom. The molecule has 0 N–H and O–H groups in total. The monoisotopic (exact) mass is 261 g/mol. The zero-order valence-corrected chi connectivity index (χ0v) is 11.7. The molecule has 1 saturated heterocycles. The van der Waals surface area contributed by atoms with Crippen LogP contribution in [0.5, 0.6) is 5.75 Å². The summed E-state index contributed by atoms with van der Waals surface area (Å²) in [6, 6.07) is 8.50. The van der Waals surface area contributed by atoms with Crippen molar-refractivity contribution in [3.8, 4) is 5.75 Å². The molecule has 0 aromatic heterocycles. The molecule has 0 radical (unpaired) electrons. The van der Waals surface area contributed by atoms with E-state index in [1.54, 1.807) is 0 Å². The third kappa shape index (κ3) is 3.41. The Morgan fingerprint density at radius 2 is 1.95 bits per heavy atom. The first-order valence-corrected chi connectivity index (χ1v) is 7.44. The summed E-state index contributed by atoms with van der Waals surface area (Å²) in [6.45, 7) is 5.86. The number of rotatable bonds is 6. The van der Waals surface area contributed by atoms with Gasteiger partial charge in [0.15, 0.2) is 0 Å². The number of hydrogen-bond acceptors (Lipinski definition) is 3. The van der Waals surface area contributed by atoms with E-state index < -0.39 is 0 Å². The van der Waals surface area contributed by atoms with Gasteiger partial charge in [0.25, 0.3) is 0 Å². The van der Waals surface area contributed by atoms with E-state index in [1.165, 1.54) is 18.5 Å². The normalized spacial score (nSPS) is 22.8. The van der Waals surface area contributed by atoms with Crippen molar-refractivity contribution in [2.45, 2.75) is 32.3 Å². The van der Waals surface area contributed by atoms with Crippen molar-refractivity contribution in [1.82, 2.24) is 0 Å². The molecule has 3 heteroatoms. The highest BCUT2D eigenvalue weighted by molar-refractivity contribution is 5.50. The Labute approximate surface area is 115 Å². The van der Waals surface area contributed by atoms with Crippen LogP contribution in [0.1, 0.15) is 26.2 Å². The highest BCUT2D eigenvalue weighted by Crippen LogP contribution is 2.30. The Bertz CT molecular complexity index is 400. The van der Waals surface area contributed by atoms with Crippen LogP contribution >= 0.6 is 0 Å². The van der Waals surface area contributed by atoms with Gasteiger partial charge in [-0.05, 0) is 56.4 Å². The summed E-state index contributed by atoms with van der Waals surface area (Å²) in [5.41, 5.74) is 1.28. The largest absolute Gasteiger partial charge is 0.493 e. The number of nitrogens with zero attached hydrogens (tertiary/aromatic N) is 1. The lowest BCUT2D eigenvalue weighted by atomic mass is 10.3. The van der Waals surface area contributed by atoms with Crippen LogP contribution < -0.4 is 9.64 Å². The predicted octanol–water partition coefficient (Wildman–Crippen LogP) is 3.09. The molecular weight excluding hydrogens is 238 g/mol. The lowest BCUT2D eigenvalue weighted by Gasteiger charge is -2.19. The molecule has 0 spiro atoms. The maximum atomic E-state index is 5.76. The smallest absolute Gasteiger partial charge is 0.119 e. The molecule has 1 unspecified atom stereocenters. The van der Waals surface area contributed by atoms with Crippen LogP contribution in [0.3, 0.4) is 0 Å². The van der Waals surface area contributed by atoms with Gasteiger partial charge in [0.1, 0.15) is 5.75 Å². The molecule has 1 aromatic rings. The molecule has 1 atom stereocenters. The van der Waals surface area contributed by atoms with Gasteiger partial charge in [-0.15, -0.1) is 0 Å². The van der Waals surface area contributed by atoms with E-state index in [0.717, 1.165) is 44.4 Å². The van der Waals surface area contributed by atoms with Gasteiger partial charge in [-0.25, -0.2) is 0 Å². The standard InChI is InChI=1S/C16H23NO2/c1-2-18-16-9-10-17(11-16)14-5-7-15(8-6-14)19-12-13-3-4-13/h5-8,13,16H,2-4,9-12H2,1H3. The SMILES string of the molecule is CCOC1CCN(c2ccc(OCC3CC3)cc2)C1. The third-order valence-electron chi connectivity index (χ3n) is 3.93. The van der Waals surface area contributed by atoms with Crippen LogP contribution in [0.4, 0.5) is 5.69 Å². The molecule has 0 amide bonds. The van der Waals surface area contributed by atoms with E-state index >= 15 is 0 Å². The number of benzene rings is 1. The van der Waals surface area contributed by atoms with Gasteiger partial charge in [-0.1, -0.05) is 0 Å². The predicted molar refractivity (Wildman–Crippen MR) is 76.9 cm³/mol. The minimum absolute atomic E-state index is 0.399. The van der Waals surface area contributed by atoms with Crippen LogP contribution in [0, 0.1) is 5.92 Å². The fraction of sp³-hybridized carbons (Fsp3) is 0.625. The zero-order valence-electron chi connectivity index (χ0n) is 11.7. The van der Waals surface area contributed by atoms with Crippen LogP contribution in [0.25, 0.3) is 0 Å². The molecule has 1 aromatic carbocycles. The minimum Gasteiger partial charge on any atom is -0.493 e. The summed E-state index contributed by atoms with van der Waals surface area (Å²) >= 11 is 0. The number of anilines is 1. The van der Waals surface area contributed by atoms with Crippen LogP contribution in [-0.4, -0.2) is 32.4 Å². The maximum absolute atomic E-state index is 5.76. The Morgan fingerprint density at radius 1 is 1.16 bits per heavy atom. The van der Waals surface area contributed by atoms with Gasteiger partial charge in [0.2, 0.25) is 0 Å². The summed E-state index contributed by atoms with van der Waals surface area (Å²) < 4.78 is 11.4. The number of ether oxygens (including phenoxy) is 2. The van der Waals surface area contributed by atoms with Crippen LogP contribution in [-0.2, 0) is 4.74 Å². The second-order valence-corrected chi connectivity index (χ2v) is 5.56. The average molecular weight is 261 g/mol. The maximum Gasteiger partial charge on any atom is 0.119 e. The molecule has 1 aliphatic carbocycles. The van der Waals surface area contributed by atoms with E-state index in [9.17, 15) is 0 Å². The van der Waals surface area contributed by atoms with Gasteiger partial charge >= 0.3 is 0 Å². The molecule has 3 nitrogen and oxygen atoms in total. The quantitative estimate of drug-likeness (QED) is 0.785. The van der Waals surface area contributed by atoms with E-state index in [4.69, 9.17) is 9.47 Å². The van der Waals surface area contributed by atoms with Crippen molar-refractivity contribution in [3.63, 3.8) is 0 Å². The lowest BCUT2D eigenvalue weighted by Crippen LogP contribution is -2.22. The fourth-order valence-electron chi connectivity index (χ4n) is 2.59. The molecule has 2 fully saturated rings. The molecule has 3 rings (SSSR count). The summed E-state index contributed by atoms with van der Waals surface area (Å²) in [6.07, 6.45) is 4.21. The molecule has 1 saturated carbocycles. The lowest BCUT2D eigenvalue weighted by molar-refractivity contribution is 0.0787. The van der Waals surface area contributed by atoms with Crippen molar-refractivity contribution < 1.29 is 9.47 Å².